The van der Waals surface area contributed by atoms with Crippen molar-refractivity contribution in [3.8, 4) is 0 Å². The summed E-state index contributed by atoms with van der Waals surface area (Å²) in [5.74, 6) is -0.963. The van der Waals surface area contributed by atoms with Crippen LogP contribution in [0.3, 0.4) is 0 Å². The molecule has 0 spiro atoms. The van der Waals surface area contributed by atoms with Gasteiger partial charge in [0, 0.05) is 30.6 Å². The Morgan fingerprint density at radius 2 is 1.96 bits per heavy atom. The highest BCUT2D eigenvalue weighted by Crippen LogP contribution is 2.37. The molecule has 2 amide bonds. The Labute approximate surface area is 159 Å². The van der Waals surface area contributed by atoms with Gasteiger partial charge in [0.05, 0.1) is 15.8 Å². The maximum atomic E-state index is 12.6. The van der Waals surface area contributed by atoms with Crippen LogP contribution in [0.25, 0.3) is 10.2 Å². The third-order valence-corrected chi connectivity index (χ3v) is 4.84. The largest absolute Gasteiger partial charge is 0.447 e. The molecule has 2 heterocycles. The fraction of sp³-hybridized carbons (Fsp3) is 0.125. The van der Waals surface area contributed by atoms with Crippen LogP contribution in [0.4, 0.5) is 24.0 Å². The third kappa shape index (κ3) is 4.95. The minimum absolute atomic E-state index is 0.196. The van der Waals surface area contributed by atoms with Crippen LogP contribution in [0.5, 0.6) is 0 Å². The molecule has 2 aromatic heterocycles. The molecule has 0 fully saturated rings. The van der Waals surface area contributed by atoms with Crippen molar-refractivity contribution in [1.29, 1.82) is 0 Å². The number of alkyl halides is 3. The van der Waals surface area contributed by atoms with Crippen molar-refractivity contribution in [2.24, 2.45) is 0 Å². The van der Waals surface area contributed by atoms with E-state index in [1.165, 1.54) is 25.3 Å². The minimum atomic E-state index is -4.56. The Bertz CT molecular complexity index is 1020. The minimum Gasteiger partial charge on any atom is -0.326 e. The van der Waals surface area contributed by atoms with Crippen LogP contribution in [-0.2, 0) is 4.79 Å². The molecule has 140 valence electrons. The van der Waals surface area contributed by atoms with Crippen LogP contribution in [0, 0.1) is 0 Å². The molecule has 6 nitrogen and oxygen atoms in total. The molecule has 0 bridgehead atoms. The molecule has 3 rings (SSSR count). The van der Waals surface area contributed by atoms with Crippen molar-refractivity contribution in [3.05, 3.63) is 42.1 Å². The van der Waals surface area contributed by atoms with Gasteiger partial charge < -0.3 is 5.32 Å². The number of hydrogen-bond donors (Lipinski definition) is 2. The van der Waals surface area contributed by atoms with Gasteiger partial charge in [0.2, 0.25) is 5.91 Å². The molecule has 0 saturated heterocycles. The van der Waals surface area contributed by atoms with Crippen LogP contribution in [0.2, 0.25) is 0 Å². The number of pyridine rings is 1. The number of thiazole rings is 1. The van der Waals surface area contributed by atoms with Crippen LogP contribution in [-0.4, -0.2) is 27.3 Å². The summed E-state index contributed by atoms with van der Waals surface area (Å²) in [4.78, 5) is 31.4. The predicted molar refractivity (Wildman–Crippen MR) is 98.0 cm³/mol. The lowest BCUT2D eigenvalue weighted by atomic mass is 10.3. The molecule has 0 aliphatic heterocycles. The summed E-state index contributed by atoms with van der Waals surface area (Å²) in [6.07, 6.45) is 1.19. The molecule has 0 saturated carbocycles. The monoisotopic (exact) mass is 412 g/mol. The lowest BCUT2D eigenvalue weighted by Crippen LogP contribution is -2.14. The van der Waals surface area contributed by atoms with Gasteiger partial charge in [0.25, 0.3) is 5.91 Å². The summed E-state index contributed by atoms with van der Waals surface area (Å²) in [7, 11) is 0. The summed E-state index contributed by atoms with van der Waals surface area (Å²) < 4.78 is 38.6. The van der Waals surface area contributed by atoms with Crippen molar-refractivity contribution >= 4 is 55.9 Å². The first-order valence-electron chi connectivity index (χ1n) is 7.41. The summed E-state index contributed by atoms with van der Waals surface area (Å²) >= 11 is 0.686. The molecule has 27 heavy (non-hydrogen) atoms. The highest BCUT2D eigenvalue weighted by Gasteiger charge is 2.32. The normalized spacial score (nSPS) is 11.4. The van der Waals surface area contributed by atoms with Gasteiger partial charge in [0.15, 0.2) is 5.13 Å². The number of anilines is 2. The molecule has 0 aliphatic rings. The van der Waals surface area contributed by atoms with E-state index in [0.717, 1.165) is 11.3 Å². The zero-order chi connectivity index (χ0) is 19.6. The molecule has 2 N–H and O–H groups in total. The van der Waals surface area contributed by atoms with Gasteiger partial charge in [-0.3, -0.25) is 14.9 Å². The highest BCUT2D eigenvalue weighted by molar-refractivity contribution is 8.00. The quantitative estimate of drug-likeness (QED) is 0.616. The number of hydrogen-bond acceptors (Lipinski definition) is 6. The van der Waals surface area contributed by atoms with E-state index in [1.807, 2.05) is 0 Å². The number of nitrogens with one attached hydrogen (secondary N) is 2. The van der Waals surface area contributed by atoms with E-state index in [-0.39, 0.29) is 16.6 Å². The molecular weight excluding hydrogens is 401 g/mol. The van der Waals surface area contributed by atoms with Gasteiger partial charge in [-0.25, -0.2) is 9.97 Å². The summed E-state index contributed by atoms with van der Waals surface area (Å²) in [5, 5.41) is 4.92. The molecule has 0 radical (unpaired) electrons. The van der Waals surface area contributed by atoms with E-state index < -0.39 is 28.2 Å². The molecule has 3 aromatic rings. The number of aromatic nitrogens is 2. The number of nitrogens with zero attached hydrogens (tertiary/aromatic N) is 2. The van der Waals surface area contributed by atoms with Crippen LogP contribution in [0.1, 0.15) is 17.3 Å². The van der Waals surface area contributed by atoms with Crippen LogP contribution in [0.15, 0.2) is 41.6 Å². The van der Waals surface area contributed by atoms with Crippen molar-refractivity contribution in [1.82, 2.24) is 9.97 Å². The van der Waals surface area contributed by atoms with Gasteiger partial charge in [-0.1, -0.05) is 11.3 Å². The third-order valence-electron chi connectivity index (χ3n) is 3.16. The van der Waals surface area contributed by atoms with E-state index >= 15 is 0 Å². The number of benzene rings is 1. The highest BCUT2D eigenvalue weighted by atomic mass is 32.2. The zero-order valence-electron chi connectivity index (χ0n) is 13.6. The Kier molecular flexibility index (Phi) is 5.33. The van der Waals surface area contributed by atoms with Crippen LogP contribution >= 0.6 is 23.1 Å². The maximum Gasteiger partial charge on any atom is 0.447 e. The van der Waals surface area contributed by atoms with Gasteiger partial charge in [-0.05, 0) is 30.3 Å². The second-order valence-corrected chi connectivity index (χ2v) is 7.33. The van der Waals surface area contributed by atoms with E-state index in [1.54, 1.807) is 18.2 Å². The second-order valence-electron chi connectivity index (χ2n) is 5.24. The molecule has 1 aromatic carbocycles. The fourth-order valence-electron chi connectivity index (χ4n) is 2.18. The zero-order valence-corrected chi connectivity index (χ0v) is 15.3. The Morgan fingerprint density at radius 1 is 1.19 bits per heavy atom. The lowest BCUT2D eigenvalue weighted by Gasteiger charge is -2.09. The number of carbonyl (C=O) groups is 2. The van der Waals surface area contributed by atoms with Crippen molar-refractivity contribution < 1.29 is 22.8 Å². The van der Waals surface area contributed by atoms with Crippen molar-refractivity contribution in [3.63, 3.8) is 0 Å². The molecule has 0 atom stereocenters. The average Bonchev–Trinajstić information content (AvgIpc) is 2.94. The Morgan fingerprint density at radius 3 is 2.67 bits per heavy atom. The number of amides is 2. The van der Waals surface area contributed by atoms with E-state index in [0.29, 0.717) is 15.9 Å². The van der Waals surface area contributed by atoms with Gasteiger partial charge in [-0.15, -0.1) is 0 Å². The fourth-order valence-corrected chi connectivity index (χ4v) is 3.68. The standard InChI is InChI=1S/C16H11F3N4O2S2/c1-8(24)21-9-4-5-11-12(7-9)26-15(22-11)23-13(25)10-3-2-6-20-14(10)27-16(17,18)19/h2-7H,1H3,(H,21,24)(H,22,23,25). The van der Waals surface area contributed by atoms with Gasteiger partial charge in [-0.2, -0.15) is 13.2 Å². The molecule has 11 heteroatoms. The van der Waals surface area contributed by atoms with Crippen LogP contribution < -0.4 is 10.6 Å². The van der Waals surface area contributed by atoms with Crippen molar-refractivity contribution in [2.45, 2.75) is 17.5 Å². The second kappa shape index (κ2) is 7.53. The lowest BCUT2D eigenvalue weighted by molar-refractivity contribution is -0.114. The number of fused-ring (bicyclic) bond motifs is 1. The SMILES string of the molecule is CC(=O)Nc1ccc2nc(NC(=O)c3cccnc3SC(F)(F)F)sc2c1. The molecule has 0 aliphatic carbocycles. The van der Waals surface area contributed by atoms with Crippen molar-refractivity contribution in [2.75, 3.05) is 10.6 Å². The number of rotatable bonds is 4. The Balaban J connectivity index is 1.83. The van der Waals surface area contributed by atoms with Gasteiger partial charge in [0.1, 0.15) is 5.03 Å². The first kappa shape index (κ1) is 19.1. The number of thioether (sulfide) groups is 1. The molecular formula is C16H11F3N4O2S2. The Hall–Kier alpha value is -2.66. The summed E-state index contributed by atoms with van der Waals surface area (Å²) in [5.41, 5.74) is -3.59. The van der Waals surface area contributed by atoms with E-state index in [4.69, 9.17) is 0 Å². The number of halogens is 3. The molecule has 0 unspecified atom stereocenters. The first-order valence-corrected chi connectivity index (χ1v) is 9.05. The van der Waals surface area contributed by atoms with E-state index in [9.17, 15) is 22.8 Å². The summed E-state index contributed by atoms with van der Waals surface area (Å²) in [6.45, 7) is 1.38. The predicted octanol–water partition coefficient (Wildman–Crippen LogP) is 4.51. The maximum absolute atomic E-state index is 12.6. The smallest absolute Gasteiger partial charge is 0.326 e. The summed E-state index contributed by atoms with van der Waals surface area (Å²) in [6, 6.07) is 7.67. The number of carbonyl (C=O) groups excluding carboxylic acids is 2. The van der Waals surface area contributed by atoms with Gasteiger partial charge >= 0.3 is 5.51 Å². The topological polar surface area (TPSA) is 84.0 Å². The first-order chi connectivity index (χ1) is 12.7. The van der Waals surface area contributed by atoms with E-state index in [2.05, 4.69) is 20.6 Å². The average molecular weight is 412 g/mol.